The standard InChI is InChI=1S/C46H44Cl2N8O7/c47-37-14-30(21-51-22-31(57)15-41(59)60)44(62-24-29-13-28(17-49)18-50-19-29)55-45(37)63-38-9-8-33-32(3-1-4-34(33)38)35-5-2-6-36(42(35)48)43(61)54-39-10-7-27(20-52-39)23-56-12-11-46(26-56)16-40(58)53-25-46/h1-7,10,13-14,18-20,31,38,51,57H,8-9,11-12,15-16,21-26H2,(H,53,58)(H,59,60)(H,52,54,61)/t31-,38-,46?/m0/s1. The number of likely N-dealkylation sites (tertiary alicyclic amines) is 1. The monoisotopic (exact) mass is 890 g/mol. The molecule has 1 aliphatic carbocycles. The number of ether oxygens (including phenoxy) is 2. The number of nitriles is 1. The first kappa shape index (κ1) is 43.5. The van der Waals surface area contributed by atoms with E-state index in [4.69, 9.17) is 37.8 Å². The molecule has 2 saturated heterocycles. The van der Waals surface area contributed by atoms with Gasteiger partial charge < -0.3 is 35.6 Å². The lowest BCUT2D eigenvalue weighted by molar-refractivity contribution is -0.139. The Balaban J connectivity index is 0.957. The molecule has 3 aromatic heterocycles. The van der Waals surface area contributed by atoms with Crippen LogP contribution in [0.2, 0.25) is 10.0 Å². The zero-order valence-electron chi connectivity index (χ0n) is 34.1. The lowest BCUT2D eigenvalue weighted by Crippen LogP contribution is -2.29. The van der Waals surface area contributed by atoms with E-state index in [1.807, 2.05) is 30.3 Å². The van der Waals surface area contributed by atoms with Gasteiger partial charge in [-0.15, -0.1) is 0 Å². The predicted molar refractivity (Wildman–Crippen MR) is 233 cm³/mol. The van der Waals surface area contributed by atoms with E-state index < -0.39 is 30.5 Å². The van der Waals surface area contributed by atoms with Crippen molar-refractivity contribution in [2.45, 2.75) is 64.0 Å². The number of nitrogens with one attached hydrogen (secondary N) is 3. The molecule has 0 radical (unpaired) electrons. The number of aliphatic carboxylic acids is 1. The van der Waals surface area contributed by atoms with Gasteiger partial charge in [-0.25, -0.2) is 4.98 Å². The van der Waals surface area contributed by atoms with Crippen molar-refractivity contribution in [3.63, 3.8) is 0 Å². The number of carbonyl (C=O) groups excluding carboxylic acids is 2. The molecule has 8 rings (SSSR count). The number of fused-ring (bicyclic) bond motifs is 1. The van der Waals surface area contributed by atoms with E-state index in [9.17, 15) is 24.8 Å². The molecule has 2 fully saturated rings. The van der Waals surface area contributed by atoms with Crippen LogP contribution in [0.4, 0.5) is 5.82 Å². The van der Waals surface area contributed by atoms with Gasteiger partial charge in [-0.2, -0.15) is 10.2 Å². The average Bonchev–Trinajstić information content (AvgIpc) is 3.98. The Morgan fingerprint density at radius 1 is 1.06 bits per heavy atom. The number of amides is 2. The molecule has 0 saturated carbocycles. The maximum absolute atomic E-state index is 13.6. The van der Waals surface area contributed by atoms with Crippen molar-refractivity contribution < 1.29 is 34.1 Å². The number of carboxylic acid groups (broad SMARTS) is 1. The quantitative estimate of drug-likeness (QED) is 0.0743. The number of hydrogen-bond donors (Lipinski definition) is 5. The number of aromatic nitrogens is 3. The van der Waals surface area contributed by atoms with Crippen molar-refractivity contribution in [3.05, 3.63) is 128 Å². The van der Waals surface area contributed by atoms with Gasteiger partial charge in [-0.3, -0.25) is 24.3 Å². The van der Waals surface area contributed by atoms with E-state index in [2.05, 4.69) is 41.9 Å². The fourth-order valence-electron chi connectivity index (χ4n) is 8.53. The summed E-state index contributed by atoms with van der Waals surface area (Å²) in [4.78, 5) is 52.1. The number of anilines is 1. The lowest BCUT2D eigenvalue weighted by Gasteiger charge is -2.21. The molecule has 5 N–H and O–H groups in total. The second-order valence-electron chi connectivity index (χ2n) is 16.2. The molecule has 324 valence electrons. The molecule has 63 heavy (non-hydrogen) atoms. The average molecular weight is 892 g/mol. The first-order chi connectivity index (χ1) is 30.5. The highest BCUT2D eigenvalue weighted by Gasteiger charge is 2.43. The molecule has 1 unspecified atom stereocenters. The van der Waals surface area contributed by atoms with Crippen molar-refractivity contribution >= 4 is 46.8 Å². The molecule has 3 atom stereocenters. The number of aliphatic hydroxyl groups is 1. The predicted octanol–water partition coefficient (Wildman–Crippen LogP) is 6.25. The number of carboxylic acids is 1. The Hall–Kier alpha value is -6.15. The minimum absolute atomic E-state index is 0.00426. The number of aliphatic hydroxyl groups excluding tert-OH is 1. The Labute approximate surface area is 373 Å². The molecule has 2 aromatic carbocycles. The highest BCUT2D eigenvalue weighted by Crippen LogP contribution is 2.44. The van der Waals surface area contributed by atoms with Crippen LogP contribution in [0.15, 0.2) is 79.3 Å². The largest absolute Gasteiger partial charge is 0.481 e. The van der Waals surface area contributed by atoms with E-state index >= 15 is 0 Å². The molecule has 5 aromatic rings. The van der Waals surface area contributed by atoms with Crippen molar-refractivity contribution in [2.24, 2.45) is 5.41 Å². The van der Waals surface area contributed by atoms with Crippen LogP contribution in [0.1, 0.15) is 75.5 Å². The molecule has 2 amide bonds. The number of benzene rings is 2. The number of hydrogen-bond acceptors (Lipinski definition) is 12. The van der Waals surface area contributed by atoms with E-state index in [0.717, 1.165) is 48.3 Å². The van der Waals surface area contributed by atoms with Gasteiger partial charge >= 0.3 is 5.97 Å². The SMILES string of the molecule is N#Cc1cncc(COc2nc(O[C@H]3CCc4c(-c5cccc(C(=O)Nc6ccc(CN7CCC8(CNC(=O)C8)C7)cn6)c5Cl)cccc43)c(Cl)cc2CNC[C@@H](O)CC(=O)O)c1. The minimum Gasteiger partial charge on any atom is -0.481 e. The Morgan fingerprint density at radius 2 is 1.90 bits per heavy atom. The molecule has 0 bridgehead atoms. The normalized spacial score (nSPS) is 18.4. The summed E-state index contributed by atoms with van der Waals surface area (Å²) in [6.45, 7) is 3.41. The third kappa shape index (κ3) is 10.2. The van der Waals surface area contributed by atoms with E-state index in [1.54, 1.807) is 42.7 Å². The van der Waals surface area contributed by atoms with Crippen LogP contribution in [0.3, 0.4) is 0 Å². The van der Waals surface area contributed by atoms with Gasteiger partial charge in [0.25, 0.3) is 5.91 Å². The molecule has 1 spiro atoms. The number of rotatable bonds is 16. The summed E-state index contributed by atoms with van der Waals surface area (Å²) >= 11 is 13.8. The van der Waals surface area contributed by atoms with E-state index in [0.29, 0.717) is 64.5 Å². The van der Waals surface area contributed by atoms with Crippen LogP contribution < -0.4 is 25.4 Å². The van der Waals surface area contributed by atoms with Gasteiger partial charge in [0.05, 0.1) is 28.7 Å². The summed E-state index contributed by atoms with van der Waals surface area (Å²) < 4.78 is 12.6. The number of carbonyl (C=O) groups is 3. The molecule has 5 heterocycles. The maximum Gasteiger partial charge on any atom is 0.306 e. The highest BCUT2D eigenvalue weighted by atomic mass is 35.5. The zero-order valence-corrected chi connectivity index (χ0v) is 35.6. The van der Waals surface area contributed by atoms with Gasteiger partial charge in [0.2, 0.25) is 17.7 Å². The maximum atomic E-state index is 13.6. The molecular weight excluding hydrogens is 847 g/mol. The van der Waals surface area contributed by atoms with Crippen molar-refractivity contribution in [1.82, 2.24) is 30.5 Å². The summed E-state index contributed by atoms with van der Waals surface area (Å²) in [5, 5.41) is 37.8. The van der Waals surface area contributed by atoms with Crippen molar-refractivity contribution in [2.75, 3.05) is 31.5 Å². The van der Waals surface area contributed by atoms with Crippen molar-refractivity contribution in [3.8, 4) is 29.0 Å². The van der Waals surface area contributed by atoms with Gasteiger partial charge in [-0.05, 0) is 72.3 Å². The molecule has 2 aliphatic heterocycles. The fraction of sp³-hybridized carbons (Fsp3) is 0.326. The van der Waals surface area contributed by atoms with Gasteiger partial charge in [0.1, 0.15) is 29.6 Å². The van der Waals surface area contributed by atoms with Crippen LogP contribution in [0.5, 0.6) is 11.8 Å². The van der Waals surface area contributed by atoms with Gasteiger partial charge in [-0.1, -0.05) is 59.6 Å². The first-order valence-corrected chi connectivity index (χ1v) is 21.3. The Morgan fingerprint density at radius 3 is 2.68 bits per heavy atom. The molecule has 3 aliphatic rings. The fourth-order valence-corrected chi connectivity index (χ4v) is 9.06. The van der Waals surface area contributed by atoms with Crippen LogP contribution in [0, 0.1) is 16.7 Å². The summed E-state index contributed by atoms with van der Waals surface area (Å²) in [5.41, 5.74) is 6.37. The Bertz CT molecular complexity index is 2590. The van der Waals surface area contributed by atoms with Crippen molar-refractivity contribution in [1.29, 1.82) is 5.26 Å². The van der Waals surface area contributed by atoms with Gasteiger partial charge in [0.15, 0.2) is 0 Å². The van der Waals surface area contributed by atoms with E-state index in [-0.39, 0.29) is 47.8 Å². The third-order valence-electron chi connectivity index (χ3n) is 11.6. The number of halogens is 2. The van der Waals surface area contributed by atoms with Gasteiger partial charge in [0, 0.05) is 79.8 Å². The number of nitrogens with zero attached hydrogens (tertiary/aromatic N) is 5. The smallest absolute Gasteiger partial charge is 0.306 e. The molecular formula is C46H44Cl2N8O7. The topological polar surface area (TPSA) is 212 Å². The summed E-state index contributed by atoms with van der Waals surface area (Å²) in [7, 11) is 0. The van der Waals surface area contributed by atoms with Crippen LogP contribution in [-0.4, -0.2) is 80.1 Å². The first-order valence-electron chi connectivity index (χ1n) is 20.6. The molecule has 15 nitrogen and oxygen atoms in total. The zero-order chi connectivity index (χ0) is 44.1. The van der Waals surface area contributed by atoms with E-state index in [1.165, 1.54) is 6.20 Å². The Kier molecular flexibility index (Phi) is 13.2. The lowest BCUT2D eigenvalue weighted by atomic mass is 9.86. The summed E-state index contributed by atoms with van der Waals surface area (Å²) in [6.07, 6.45) is 5.66. The van der Waals surface area contributed by atoms with Crippen LogP contribution >= 0.6 is 23.2 Å². The summed E-state index contributed by atoms with van der Waals surface area (Å²) in [6, 6.07) is 20.3. The van der Waals surface area contributed by atoms with Crippen LogP contribution in [0.25, 0.3) is 11.1 Å². The summed E-state index contributed by atoms with van der Waals surface area (Å²) in [5.74, 6) is -0.657. The second-order valence-corrected chi connectivity index (χ2v) is 17.0. The minimum atomic E-state index is -1.12. The third-order valence-corrected chi connectivity index (χ3v) is 12.3. The van der Waals surface area contributed by atoms with Crippen LogP contribution in [-0.2, 0) is 35.7 Å². The molecule has 17 heteroatoms. The highest BCUT2D eigenvalue weighted by molar-refractivity contribution is 6.37. The second kappa shape index (κ2) is 19.1. The number of pyridine rings is 3.